The number of carbonyl (C=O) groups is 1. The molecular weight excluding hydrogens is 282 g/mol. The van der Waals surface area contributed by atoms with Crippen LogP contribution in [0.15, 0.2) is 42.5 Å². The third-order valence-electron chi connectivity index (χ3n) is 3.30. The van der Waals surface area contributed by atoms with Crippen molar-refractivity contribution in [2.45, 2.75) is 13.0 Å². The normalized spacial score (nSPS) is 11.6. The lowest BCUT2D eigenvalue weighted by Gasteiger charge is -2.11. The lowest BCUT2D eigenvalue weighted by Crippen LogP contribution is -2.13. The van der Waals surface area contributed by atoms with E-state index in [-0.39, 0.29) is 5.91 Å². The van der Waals surface area contributed by atoms with Crippen molar-refractivity contribution in [3.8, 4) is 11.5 Å². The van der Waals surface area contributed by atoms with Crippen LogP contribution in [0.2, 0.25) is 0 Å². The highest BCUT2D eigenvalue weighted by molar-refractivity contribution is 6.06. The van der Waals surface area contributed by atoms with E-state index in [2.05, 4.69) is 5.32 Å². The first-order valence-electron chi connectivity index (χ1n) is 6.86. The van der Waals surface area contributed by atoms with E-state index in [0.29, 0.717) is 22.7 Å². The molecular formula is C17H19NO4. The van der Waals surface area contributed by atoms with Gasteiger partial charge in [-0.15, -0.1) is 0 Å². The van der Waals surface area contributed by atoms with Gasteiger partial charge in [-0.05, 0) is 36.8 Å². The van der Waals surface area contributed by atoms with E-state index in [9.17, 15) is 9.90 Å². The minimum Gasteiger partial charge on any atom is -0.497 e. The standard InChI is InChI=1S/C17H19NO4/c1-11(19)12-4-6-13(7-5-12)18-17(20)15-9-8-14(21-2)10-16(15)22-3/h4-11,19H,1-3H3,(H,18,20)/t11-/m1/s1. The van der Waals surface area contributed by atoms with Crippen LogP contribution in [0.1, 0.15) is 28.9 Å². The zero-order valence-electron chi connectivity index (χ0n) is 12.8. The number of aliphatic hydroxyl groups excluding tert-OH is 1. The predicted octanol–water partition coefficient (Wildman–Crippen LogP) is 3.01. The molecule has 5 nitrogen and oxygen atoms in total. The molecule has 0 saturated carbocycles. The summed E-state index contributed by atoms with van der Waals surface area (Å²) in [5, 5.41) is 12.3. The van der Waals surface area contributed by atoms with Crippen LogP contribution in [0, 0.1) is 0 Å². The maximum Gasteiger partial charge on any atom is 0.259 e. The first kappa shape index (κ1) is 15.9. The maximum atomic E-state index is 12.3. The van der Waals surface area contributed by atoms with Gasteiger partial charge in [-0.2, -0.15) is 0 Å². The van der Waals surface area contributed by atoms with Crippen molar-refractivity contribution in [1.29, 1.82) is 0 Å². The lowest BCUT2D eigenvalue weighted by atomic mass is 10.1. The zero-order chi connectivity index (χ0) is 16.1. The second kappa shape index (κ2) is 6.95. The molecule has 0 saturated heterocycles. The first-order valence-corrected chi connectivity index (χ1v) is 6.86. The molecule has 0 unspecified atom stereocenters. The molecule has 0 aliphatic heterocycles. The van der Waals surface area contributed by atoms with Gasteiger partial charge in [0.15, 0.2) is 0 Å². The van der Waals surface area contributed by atoms with Gasteiger partial charge in [-0.25, -0.2) is 0 Å². The second-order valence-corrected chi connectivity index (χ2v) is 4.82. The fourth-order valence-electron chi connectivity index (χ4n) is 2.03. The Morgan fingerprint density at radius 2 is 1.77 bits per heavy atom. The van der Waals surface area contributed by atoms with Crippen molar-refractivity contribution in [3.05, 3.63) is 53.6 Å². The van der Waals surface area contributed by atoms with Crippen LogP contribution in [0.5, 0.6) is 11.5 Å². The van der Waals surface area contributed by atoms with Crippen LogP contribution in [0.3, 0.4) is 0 Å². The minimum atomic E-state index is -0.536. The van der Waals surface area contributed by atoms with Crippen LogP contribution in [0.25, 0.3) is 0 Å². The molecule has 0 fully saturated rings. The predicted molar refractivity (Wildman–Crippen MR) is 84.6 cm³/mol. The van der Waals surface area contributed by atoms with Crippen LogP contribution in [0.4, 0.5) is 5.69 Å². The molecule has 1 amide bonds. The van der Waals surface area contributed by atoms with Crippen molar-refractivity contribution >= 4 is 11.6 Å². The number of anilines is 1. The quantitative estimate of drug-likeness (QED) is 0.891. The van der Waals surface area contributed by atoms with Crippen LogP contribution >= 0.6 is 0 Å². The molecule has 0 radical (unpaired) electrons. The van der Waals surface area contributed by atoms with Gasteiger partial charge >= 0.3 is 0 Å². The number of ether oxygens (including phenoxy) is 2. The number of amides is 1. The first-order chi connectivity index (χ1) is 10.5. The van der Waals surface area contributed by atoms with Gasteiger partial charge in [0.25, 0.3) is 5.91 Å². The highest BCUT2D eigenvalue weighted by atomic mass is 16.5. The smallest absolute Gasteiger partial charge is 0.259 e. The Morgan fingerprint density at radius 1 is 1.09 bits per heavy atom. The van der Waals surface area contributed by atoms with E-state index in [1.54, 1.807) is 56.5 Å². The van der Waals surface area contributed by atoms with Gasteiger partial charge in [0.05, 0.1) is 25.9 Å². The molecule has 0 aliphatic carbocycles. The van der Waals surface area contributed by atoms with Crippen LogP contribution in [-0.2, 0) is 0 Å². The van der Waals surface area contributed by atoms with E-state index in [1.807, 2.05) is 0 Å². The molecule has 0 aliphatic rings. The van der Waals surface area contributed by atoms with Crippen molar-refractivity contribution in [2.75, 3.05) is 19.5 Å². The summed E-state index contributed by atoms with van der Waals surface area (Å²) in [5.74, 6) is 0.788. The van der Waals surface area contributed by atoms with E-state index >= 15 is 0 Å². The minimum absolute atomic E-state index is 0.274. The van der Waals surface area contributed by atoms with E-state index in [0.717, 1.165) is 5.56 Å². The Bertz CT molecular complexity index is 650. The SMILES string of the molecule is COc1ccc(C(=O)Nc2ccc([C@@H](C)O)cc2)c(OC)c1. The largest absolute Gasteiger partial charge is 0.497 e. The molecule has 22 heavy (non-hydrogen) atoms. The van der Waals surface area contributed by atoms with Gasteiger partial charge in [-0.3, -0.25) is 4.79 Å². The van der Waals surface area contributed by atoms with Gasteiger partial charge in [0.1, 0.15) is 11.5 Å². The number of benzene rings is 2. The summed E-state index contributed by atoms with van der Waals surface area (Å²) in [4.78, 5) is 12.3. The number of hydrogen-bond donors (Lipinski definition) is 2. The summed E-state index contributed by atoms with van der Waals surface area (Å²) in [5.41, 5.74) is 1.86. The van der Waals surface area contributed by atoms with E-state index < -0.39 is 6.10 Å². The molecule has 0 aromatic heterocycles. The Hall–Kier alpha value is -2.53. The molecule has 0 bridgehead atoms. The zero-order valence-corrected chi connectivity index (χ0v) is 12.8. The van der Waals surface area contributed by atoms with Crippen molar-refractivity contribution < 1.29 is 19.4 Å². The molecule has 1 atom stereocenters. The summed E-state index contributed by atoms with van der Waals surface area (Å²) in [6, 6.07) is 12.0. The highest BCUT2D eigenvalue weighted by Gasteiger charge is 2.13. The third kappa shape index (κ3) is 3.56. The Kier molecular flexibility index (Phi) is 5.01. The number of methoxy groups -OCH3 is 2. The van der Waals surface area contributed by atoms with Crippen LogP contribution < -0.4 is 14.8 Å². The van der Waals surface area contributed by atoms with Gasteiger partial charge in [-0.1, -0.05) is 12.1 Å². The van der Waals surface area contributed by atoms with Gasteiger partial charge in [0.2, 0.25) is 0 Å². The van der Waals surface area contributed by atoms with Gasteiger partial charge in [0, 0.05) is 11.8 Å². The summed E-state index contributed by atoms with van der Waals surface area (Å²) in [6.07, 6.45) is -0.536. The molecule has 2 N–H and O–H groups in total. The number of rotatable bonds is 5. The maximum absolute atomic E-state index is 12.3. The van der Waals surface area contributed by atoms with E-state index in [4.69, 9.17) is 9.47 Å². The fourth-order valence-corrected chi connectivity index (χ4v) is 2.03. The molecule has 5 heteroatoms. The number of carbonyl (C=O) groups excluding carboxylic acids is 1. The van der Waals surface area contributed by atoms with Crippen molar-refractivity contribution in [1.82, 2.24) is 0 Å². The fraction of sp³-hybridized carbons (Fsp3) is 0.235. The Balaban J connectivity index is 2.18. The van der Waals surface area contributed by atoms with Crippen molar-refractivity contribution in [2.24, 2.45) is 0 Å². The summed E-state index contributed by atoms with van der Waals surface area (Å²) >= 11 is 0. The van der Waals surface area contributed by atoms with E-state index in [1.165, 1.54) is 7.11 Å². The summed E-state index contributed by atoms with van der Waals surface area (Å²) in [6.45, 7) is 1.69. The third-order valence-corrected chi connectivity index (χ3v) is 3.30. The molecule has 2 rings (SSSR count). The number of nitrogens with one attached hydrogen (secondary N) is 1. The van der Waals surface area contributed by atoms with Crippen molar-refractivity contribution in [3.63, 3.8) is 0 Å². The highest BCUT2D eigenvalue weighted by Crippen LogP contribution is 2.25. The Labute approximate surface area is 129 Å². The lowest BCUT2D eigenvalue weighted by molar-refractivity contribution is 0.102. The topological polar surface area (TPSA) is 67.8 Å². The molecule has 0 heterocycles. The second-order valence-electron chi connectivity index (χ2n) is 4.82. The molecule has 116 valence electrons. The van der Waals surface area contributed by atoms with Crippen LogP contribution in [-0.4, -0.2) is 25.2 Å². The molecule has 0 spiro atoms. The number of hydrogen-bond acceptors (Lipinski definition) is 4. The van der Waals surface area contributed by atoms with Gasteiger partial charge < -0.3 is 19.9 Å². The average molecular weight is 301 g/mol. The summed E-state index contributed by atoms with van der Waals surface area (Å²) in [7, 11) is 3.06. The molecule has 2 aromatic rings. The Morgan fingerprint density at radius 3 is 2.32 bits per heavy atom. The summed E-state index contributed by atoms with van der Waals surface area (Å²) < 4.78 is 10.3. The number of aliphatic hydroxyl groups is 1. The average Bonchev–Trinajstić information content (AvgIpc) is 2.54. The molecule has 2 aromatic carbocycles. The monoisotopic (exact) mass is 301 g/mol.